The largest absolute Gasteiger partial charge is 0.454 e. The first-order chi connectivity index (χ1) is 32.2. The van der Waals surface area contributed by atoms with Crippen molar-refractivity contribution < 1.29 is 4.42 Å². The summed E-state index contributed by atoms with van der Waals surface area (Å²) >= 11 is 0. The molecule has 0 bridgehead atoms. The molecule has 6 heteroatoms. The van der Waals surface area contributed by atoms with Gasteiger partial charge in [-0.15, -0.1) is 0 Å². The maximum absolute atomic E-state index is 11.4. The predicted octanol–water partition coefficient (Wildman–Crippen LogP) is 14.1. The lowest BCUT2D eigenvalue weighted by atomic mass is 9.69. The van der Waals surface area contributed by atoms with Gasteiger partial charge in [-0.25, -0.2) is 15.0 Å². The Bertz CT molecular complexity index is 3900. The SMILES string of the molecule is N#Cc1cc(-n2c3ccccc3c3c4c(ccc32)-c2ccccc2C42c3ccccc3-c3ccccc32)c2oc3ccccc3c2c1-c1nc(-c2ccccc2)nc(-c2ccccc2)n1. The van der Waals surface area contributed by atoms with E-state index in [1.807, 2.05) is 84.9 Å². The molecule has 0 radical (unpaired) electrons. The van der Waals surface area contributed by atoms with Crippen LogP contribution in [0.15, 0.2) is 205 Å². The number of furan rings is 1. The molecule has 0 N–H and O–H groups in total. The molecule has 0 saturated carbocycles. The highest BCUT2D eigenvalue weighted by Gasteiger charge is 2.52. The maximum atomic E-state index is 11.4. The molecule has 3 aromatic heterocycles. The van der Waals surface area contributed by atoms with Crippen LogP contribution in [0, 0.1) is 11.3 Å². The highest BCUT2D eigenvalue weighted by Crippen LogP contribution is 2.64. The summed E-state index contributed by atoms with van der Waals surface area (Å²) < 4.78 is 9.33. The summed E-state index contributed by atoms with van der Waals surface area (Å²) in [6, 6.07) is 72.5. The van der Waals surface area contributed by atoms with Gasteiger partial charge in [-0.3, -0.25) is 0 Å². The standard InChI is InChI=1S/C59H33N5O/c60-34-37-33-49(55-53(43-25-11-16-30-50(43)65-55)51(37)58-62-56(35-17-3-1-4-18-35)61-57(63-58)36-19-5-2-6-20-36)64-47-29-15-10-24-42(47)52-48(64)32-31-41-40-23-9-14-28-46(40)59(54(41)52)44-26-12-7-21-38(44)39-22-8-13-27-45(39)59/h1-33H. The van der Waals surface area contributed by atoms with E-state index >= 15 is 0 Å². The molecule has 3 heterocycles. The van der Waals surface area contributed by atoms with Gasteiger partial charge in [0, 0.05) is 38.2 Å². The lowest BCUT2D eigenvalue weighted by Crippen LogP contribution is -2.26. The fraction of sp³-hybridized carbons (Fsp3) is 0.0169. The Morgan fingerprint density at radius 1 is 0.462 bits per heavy atom. The number of benzene rings is 9. The Morgan fingerprint density at radius 3 is 1.62 bits per heavy atom. The lowest BCUT2D eigenvalue weighted by Gasteiger charge is -2.31. The van der Waals surface area contributed by atoms with Crippen molar-refractivity contribution in [2.45, 2.75) is 5.41 Å². The van der Waals surface area contributed by atoms with Gasteiger partial charge in [0.15, 0.2) is 23.1 Å². The van der Waals surface area contributed by atoms with Crippen LogP contribution in [0.3, 0.4) is 0 Å². The number of hydrogen-bond donors (Lipinski definition) is 0. The topological polar surface area (TPSA) is 80.5 Å². The van der Waals surface area contributed by atoms with Crippen molar-refractivity contribution in [2.75, 3.05) is 0 Å². The Balaban J connectivity index is 1.11. The van der Waals surface area contributed by atoms with Crippen molar-refractivity contribution in [2.24, 2.45) is 0 Å². The van der Waals surface area contributed by atoms with Crippen molar-refractivity contribution in [1.82, 2.24) is 19.5 Å². The summed E-state index contributed by atoms with van der Waals surface area (Å²) in [5.74, 6) is 1.44. The zero-order valence-electron chi connectivity index (χ0n) is 34.7. The molecule has 6 nitrogen and oxygen atoms in total. The van der Waals surface area contributed by atoms with Gasteiger partial charge >= 0.3 is 0 Å². The average molecular weight is 828 g/mol. The molecule has 0 saturated heterocycles. The van der Waals surface area contributed by atoms with Gasteiger partial charge in [0.2, 0.25) is 0 Å². The third-order valence-corrected chi connectivity index (χ3v) is 13.7. The van der Waals surface area contributed by atoms with Crippen LogP contribution < -0.4 is 0 Å². The van der Waals surface area contributed by atoms with Crippen molar-refractivity contribution in [1.29, 1.82) is 5.26 Å². The molecule has 0 aliphatic heterocycles. The highest BCUT2D eigenvalue weighted by atomic mass is 16.3. The van der Waals surface area contributed by atoms with E-state index in [2.05, 4.69) is 126 Å². The molecule has 9 aromatic carbocycles. The minimum absolute atomic E-state index is 0.399. The number of nitrogens with zero attached hydrogens (tertiary/aromatic N) is 5. The summed E-state index contributed by atoms with van der Waals surface area (Å²) in [5, 5.41) is 15.3. The molecule has 65 heavy (non-hydrogen) atoms. The van der Waals surface area contributed by atoms with Crippen molar-refractivity contribution in [3.05, 3.63) is 228 Å². The first kappa shape index (κ1) is 35.7. The number of aromatic nitrogens is 4. The molecular weight excluding hydrogens is 795 g/mol. The first-order valence-electron chi connectivity index (χ1n) is 21.8. The van der Waals surface area contributed by atoms with Crippen molar-refractivity contribution in [3.8, 4) is 68.2 Å². The monoisotopic (exact) mass is 827 g/mol. The van der Waals surface area contributed by atoms with E-state index < -0.39 is 5.41 Å². The van der Waals surface area contributed by atoms with Crippen LogP contribution in [0.4, 0.5) is 0 Å². The van der Waals surface area contributed by atoms with Crippen LogP contribution in [0.5, 0.6) is 0 Å². The Hall–Kier alpha value is -8.92. The third-order valence-electron chi connectivity index (χ3n) is 13.7. The van der Waals surface area contributed by atoms with E-state index in [1.54, 1.807) is 0 Å². The summed E-state index contributed by atoms with van der Waals surface area (Å²) in [5.41, 5.74) is 16.4. The third kappa shape index (κ3) is 4.73. The van der Waals surface area contributed by atoms with Gasteiger partial charge in [-0.2, -0.15) is 5.26 Å². The normalized spacial score (nSPS) is 13.0. The Labute approximate surface area is 373 Å². The molecule has 14 rings (SSSR count). The molecule has 12 aromatic rings. The van der Waals surface area contributed by atoms with Gasteiger partial charge in [0.05, 0.1) is 33.8 Å². The minimum atomic E-state index is -0.560. The zero-order chi connectivity index (χ0) is 42.8. The molecule has 0 fully saturated rings. The number of para-hydroxylation sites is 2. The van der Waals surface area contributed by atoms with Crippen LogP contribution in [-0.4, -0.2) is 19.5 Å². The summed E-state index contributed by atoms with van der Waals surface area (Å²) in [6.45, 7) is 0. The molecule has 2 aliphatic carbocycles. The summed E-state index contributed by atoms with van der Waals surface area (Å²) in [7, 11) is 0. The molecule has 1 spiro atoms. The number of rotatable bonds is 4. The fourth-order valence-corrected chi connectivity index (χ4v) is 11.2. The maximum Gasteiger partial charge on any atom is 0.166 e. The van der Waals surface area contributed by atoms with Gasteiger partial charge in [0.25, 0.3) is 0 Å². The van der Waals surface area contributed by atoms with Gasteiger partial charge in [0.1, 0.15) is 5.58 Å². The molecule has 0 amide bonds. The van der Waals surface area contributed by atoms with E-state index in [0.717, 1.165) is 44.0 Å². The molecule has 300 valence electrons. The second-order valence-electron chi connectivity index (χ2n) is 16.9. The summed E-state index contributed by atoms with van der Waals surface area (Å²) in [6.07, 6.45) is 0. The predicted molar refractivity (Wildman–Crippen MR) is 259 cm³/mol. The number of nitriles is 1. The second kappa shape index (κ2) is 13.3. The van der Waals surface area contributed by atoms with Gasteiger partial charge in [-0.1, -0.05) is 176 Å². The molecule has 2 aliphatic rings. The van der Waals surface area contributed by atoms with Gasteiger partial charge in [-0.05, 0) is 68.8 Å². The van der Waals surface area contributed by atoms with Crippen molar-refractivity contribution >= 4 is 43.7 Å². The lowest BCUT2D eigenvalue weighted by molar-refractivity contribution is 0.666. The molecular formula is C59H33N5O. The molecule has 0 atom stereocenters. The van der Waals surface area contributed by atoms with Crippen LogP contribution in [0.25, 0.3) is 106 Å². The number of fused-ring (bicyclic) bond motifs is 17. The summed E-state index contributed by atoms with van der Waals surface area (Å²) in [4.78, 5) is 15.3. The van der Waals surface area contributed by atoms with Gasteiger partial charge < -0.3 is 8.98 Å². The average Bonchev–Trinajstić information content (AvgIpc) is 4.10. The van der Waals surface area contributed by atoms with Crippen LogP contribution in [0.2, 0.25) is 0 Å². The van der Waals surface area contributed by atoms with E-state index in [-0.39, 0.29) is 0 Å². The van der Waals surface area contributed by atoms with E-state index in [9.17, 15) is 5.26 Å². The second-order valence-corrected chi connectivity index (χ2v) is 16.9. The quantitative estimate of drug-likeness (QED) is 0.176. The van der Waals surface area contributed by atoms with E-state index in [0.29, 0.717) is 39.8 Å². The fourth-order valence-electron chi connectivity index (χ4n) is 11.2. The Kier molecular flexibility index (Phi) is 7.29. The van der Waals surface area contributed by atoms with E-state index in [4.69, 9.17) is 19.4 Å². The van der Waals surface area contributed by atoms with Crippen LogP contribution >= 0.6 is 0 Å². The van der Waals surface area contributed by atoms with Crippen LogP contribution in [0.1, 0.15) is 27.8 Å². The first-order valence-corrected chi connectivity index (χ1v) is 21.8. The number of hydrogen-bond acceptors (Lipinski definition) is 5. The molecule has 0 unspecified atom stereocenters. The minimum Gasteiger partial charge on any atom is -0.454 e. The zero-order valence-corrected chi connectivity index (χ0v) is 34.7. The Morgan fingerprint density at radius 2 is 0.985 bits per heavy atom. The smallest absolute Gasteiger partial charge is 0.166 e. The van der Waals surface area contributed by atoms with Crippen molar-refractivity contribution in [3.63, 3.8) is 0 Å². The highest BCUT2D eigenvalue weighted by molar-refractivity contribution is 6.19. The van der Waals surface area contributed by atoms with E-state index in [1.165, 1.54) is 49.9 Å². The van der Waals surface area contributed by atoms with Crippen LogP contribution in [-0.2, 0) is 5.41 Å².